The fourth-order valence-electron chi connectivity index (χ4n) is 1.62. The number of aliphatic carboxylic acids is 1. The molecule has 7 nitrogen and oxygen atoms in total. The molecule has 1 rings (SSSR count). The number of nitrogens with one attached hydrogen (secondary N) is 2. The van der Waals surface area contributed by atoms with E-state index in [0.717, 1.165) is 17.8 Å². The Kier molecular flexibility index (Phi) is 6.80. The van der Waals surface area contributed by atoms with E-state index in [2.05, 4.69) is 15.6 Å². The minimum Gasteiger partial charge on any atom is -0.480 e. The molecule has 1 unspecified atom stereocenters. The van der Waals surface area contributed by atoms with Crippen LogP contribution in [0.15, 0.2) is 5.38 Å². The molecular formula is C13H19N3O4S. The van der Waals surface area contributed by atoms with Crippen LogP contribution >= 0.6 is 11.3 Å². The minimum absolute atomic E-state index is 0.106. The lowest BCUT2D eigenvalue weighted by molar-refractivity contribution is -0.139. The van der Waals surface area contributed by atoms with Gasteiger partial charge in [0.25, 0.3) is 5.91 Å². The van der Waals surface area contributed by atoms with Crippen molar-refractivity contribution in [3.63, 3.8) is 0 Å². The van der Waals surface area contributed by atoms with Crippen LogP contribution in [0.4, 0.5) is 5.13 Å². The maximum atomic E-state index is 11.9. The molecule has 0 aliphatic rings. The van der Waals surface area contributed by atoms with Crippen LogP contribution in [-0.4, -0.2) is 33.9 Å². The quantitative estimate of drug-likeness (QED) is 0.679. The minimum atomic E-state index is -1.07. The van der Waals surface area contributed by atoms with Crippen LogP contribution in [0.2, 0.25) is 0 Å². The second-order valence-corrected chi connectivity index (χ2v) is 5.35. The normalized spacial score (nSPS) is 11.7. The summed E-state index contributed by atoms with van der Waals surface area (Å²) in [7, 11) is 0. The van der Waals surface area contributed by atoms with Crippen molar-refractivity contribution in [1.82, 2.24) is 10.3 Å². The van der Waals surface area contributed by atoms with E-state index in [1.807, 2.05) is 13.8 Å². The molecule has 0 spiro atoms. The van der Waals surface area contributed by atoms with Gasteiger partial charge in [-0.05, 0) is 12.8 Å². The molecule has 1 heterocycles. The highest BCUT2D eigenvalue weighted by molar-refractivity contribution is 7.14. The zero-order chi connectivity index (χ0) is 15.8. The monoisotopic (exact) mass is 313 g/mol. The summed E-state index contributed by atoms with van der Waals surface area (Å²) in [4.78, 5) is 38.3. The number of rotatable bonds is 8. The Morgan fingerprint density at radius 2 is 2.05 bits per heavy atom. The first-order valence-corrected chi connectivity index (χ1v) is 7.64. The molecule has 1 aromatic heterocycles. The van der Waals surface area contributed by atoms with Gasteiger partial charge in [-0.1, -0.05) is 20.3 Å². The third kappa shape index (κ3) is 5.50. The van der Waals surface area contributed by atoms with Gasteiger partial charge in [0.1, 0.15) is 11.7 Å². The van der Waals surface area contributed by atoms with Crippen LogP contribution in [-0.2, 0) is 9.59 Å². The molecule has 3 N–H and O–H groups in total. The largest absolute Gasteiger partial charge is 0.480 e. The van der Waals surface area contributed by atoms with Crippen molar-refractivity contribution in [3.8, 4) is 0 Å². The molecule has 0 saturated carbocycles. The zero-order valence-corrected chi connectivity index (χ0v) is 12.8. The van der Waals surface area contributed by atoms with Gasteiger partial charge in [0.05, 0.1) is 0 Å². The van der Waals surface area contributed by atoms with Gasteiger partial charge in [-0.25, -0.2) is 9.78 Å². The summed E-state index contributed by atoms with van der Waals surface area (Å²) in [5, 5.41) is 15.8. The van der Waals surface area contributed by atoms with Gasteiger partial charge in [-0.15, -0.1) is 11.3 Å². The van der Waals surface area contributed by atoms with Crippen molar-refractivity contribution in [1.29, 1.82) is 0 Å². The maximum absolute atomic E-state index is 11.9. The van der Waals surface area contributed by atoms with Crippen LogP contribution in [0.25, 0.3) is 0 Å². The fourth-order valence-corrected chi connectivity index (χ4v) is 2.33. The van der Waals surface area contributed by atoms with E-state index >= 15 is 0 Å². The molecule has 2 amide bonds. The number of hydrogen-bond acceptors (Lipinski definition) is 5. The van der Waals surface area contributed by atoms with Crippen molar-refractivity contribution in [2.24, 2.45) is 0 Å². The van der Waals surface area contributed by atoms with E-state index in [1.165, 1.54) is 5.38 Å². The molecule has 1 atom stereocenters. The van der Waals surface area contributed by atoms with E-state index in [0.29, 0.717) is 24.4 Å². The molecule has 116 valence electrons. The highest BCUT2D eigenvalue weighted by atomic mass is 32.1. The number of carbonyl (C=O) groups is 3. The molecule has 0 aliphatic carbocycles. The third-order valence-electron chi connectivity index (χ3n) is 2.64. The second-order valence-electron chi connectivity index (χ2n) is 4.49. The lowest BCUT2D eigenvalue weighted by Crippen LogP contribution is -2.40. The number of amides is 2. The van der Waals surface area contributed by atoms with Gasteiger partial charge in [0.2, 0.25) is 5.91 Å². The Hall–Kier alpha value is -1.96. The number of anilines is 1. The molecule has 0 aliphatic heterocycles. The molecular weight excluding hydrogens is 294 g/mol. The van der Waals surface area contributed by atoms with Crippen molar-refractivity contribution >= 4 is 34.3 Å². The summed E-state index contributed by atoms with van der Waals surface area (Å²) in [5.41, 5.74) is 0.106. The number of nitrogens with zero attached hydrogens (tertiary/aromatic N) is 1. The Balaban J connectivity index is 2.64. The molecule has 21 heavy (non-hydrogen) atoms. The predicted octanol–water partition coefficient (Wildman–Crippen LogP) is 1.86. The number of carboxylic acid groups (broad SMARTS) is 1. The van der Waals surface area contributed by atoms with Crippen LogP contribution in [0.1, 0.15) is 50.0 Å². The smallest absolute Gasteiger partial charge is 0.326 e. The van der Waals surface area contributed by atoms with Crippen molar-refractivity contribution < 1.29 is 19.5 Å². The molecule has 0 aromatic carbocycles. The Labute approximate surface area is 126 Å². The van der Waals surface area contributed by atoms with E-state index in [9.17, 15) is 14.4 Å². The molecule has 0 saturated heterocycles. The number of aromatic nitrogens is 1. The first-order valence-electron chi connectivity index (χ1n) is 6.77. The average Bonchev–Trinajstić information content (AvgIpc) is 2.86. The highest BCUT2D eigenvalue weighted by Gasteiger charge is 2.21. The van der Waals surface area contributed by atoms with Crippen molar-refractivity contribution in [2.75, 3.05) is 5.32 Å². The van der Waals surface area contributed by atoms with Crippen LogP contribution in [0, 0.1) is 0 Å². The van der Waals surface area contributed by atoms with Gasteiger partial charge >= 0.3 is 5.97 Å². The van der Waals surface area contributed by atoms with Crippen molar-refractivity contribution in [2.45, 2.75) is 45.6 Å². The lowest BCUT2D eigenvalue weighted by Gasteiger charge is -2.12. The van der Waals surface area contributed by atoms with Crippen LogP contribution in [0.5, 0.6) is 0 Å². The van der Waals surface area contributed by atoms with E-state index in [4.69, 9.17) is 5.11 Å². The van der Waals surface area contributed by atoms with Gasteiger partial charge < -0.3 is 15.7 Å². The predicted molar refractivity (Wildman–Crippen MR) is 79.4 cm³/mol. The maximum Gasteiger partial charge on any atom is 0.326 e. The number of carboxylic acids is 1. The lowest BCUT2D eigenvalue weighted by atomic mass is 10.1. The van der Waals surface area contributed by atoms with E-state index < -0.39 is 17.9 Å². The standard InChI is InChI=1S/C13H19N3O4S/c1-3-5-8(12(19)20)14-11(18)9-7-21-13(15-9)16-10(17)6-4-2/h7-8H,3-6H2,1-2H3,(H,14,18)(H,19,20)(H,15,16,17). The summed E-state index contributed by atoms with van der Waals surface area (Å²) in [6.07, 6.45) is 2.11. The number of thiazole rings is 1. The first-order chi connectivity index (χ1) is 9.97. The molecule has 0 fully saturated rings. The molecule has 0 radical (unpaired) electrons. The Bertz CT molecular complexity index is 515. The molecule has 1 aromatic rings. The number of hydrogen-bond donors (Lipinski definition) is 3. The Morgan fingerprint density at radius 3 is 2.62 bits per heavy atom. The summed E-state index contributed by atoms with van der Waals surface area (Å²) in [6, 6.07) is -0.928. The van der Waals surface area contributed by atoms with Crippen molar-refractivity contribution in [3.05, 3.63) is 11.1 Å². The first kappa shape index (κ1) is 17.1. The topological polar surface area (TPSA) is 108 Å². The molecule has 8 heteroatoms. The summed E-state index contributed by atoms with van der Waals surface area (Å²) < 4.78 is 0. The highest BCUT2D eigenvalue weighted by Crippen LogP contribution is 2.16. The van der Waals surface area contributed by atoms with Gasteiger partial charge in [-0.2, -0.15) is 0 Å². The molecule has 0 bridgehead atoms. The van der Waals surface area contributed by atoms with E-state index in [1.54, 1.807) is 0 Å². The third-order valence-corrected chi connectivity index (χ3v) is 3.40. The fraction of sp³-hybridized carbons (Fsp3) is 0.538. The Morgan fingerprint density at radius 1 is 1.33 bits per heavy atom. The zero-order valence-electron chi connectivity index (χ0n) is 12.0. The second kappa shape index (κ2) is 8.35. The van der Waals surface area contributed by atoms with E-state index in [-0.39, 0.29) is 11.6 Å². The average molecular weight is 313 g/mol. The van der Waals surface area contributed by atoms with Gasteiger partial charge in [0, 0.05) is 11.8 Å². The summed E-state index contributed by atoms with van der Waals surface area (Å²) >= 11 is 1.13. The van der Waals surface area contributed by atoms with Gasteiger partial charge in [0.15, 0.2) is 5.13 Å². The summed E-state index contributed by atoms with van der Waals surface area (Å²) in [5.74, 6) is -1.78. The van der Waals surface area contributed by atoms with Crippen LogP contribution < -0.4 is 10.6 Å². The number of carbonyl (C=O) groups excluding carboxylic acids is 2. The van der Waals surface area contributed by atoms with Gasteiger partial charge in [-0.3, -0.25) is 9.59 Å². The van der Waals surface area contributed by atoms with Crippen LogP contribution in [0.3, 0.4) is 0 Å². The SMILES string of the molecule is CCCC(=O)Nc1nc(C(=O)NC(CCC)C(=O)O)cs1. The summed E-state index contributed by atoms with van der Waals surface area (Å²) in [6.45, 7) is 3.73.